The number of hydrogen-bond donors (Lipinski definition) is 2. The van der Waals surface area contributed by atoms with Crippen LogP contribution in [0.25, 0.3) is 0 Å². The minimum absolute atomic E-state index is 0. The molecule has 1 aromatic heterocycles. The molecule has 0 unspecified atom stereocenters. The smallest absolute Gasteiger partial charge is 0.477 e. The summed E-state index contributed by atoms with van der Waals surface area (Å²) >= 11 is 0. The van der Waals surface area contributed by atoms with E-state index in [2.05, 4.69) is 20.0 Å². The van der Waals surface area contributed by atoms with Gasteiger partial charge in [-0.15, -0.1) is 37.1 Å². The van der Waals surface area contributed by atoms with Crippen molar-refractivity contribution in [2.45, 2.75) is 25.7 Å². The van der Waals surface area contributed by atoms with Crippen molar-refractivity contribution in [3.05, 3.63) is 48.2 Å². The molecule has 152 valence electrons. The molecule has 3 N–H and O–H groups in total. The van der Waals surface area contributed by atoms with E-state index in [1.165, 1.54) is 37.1 Å². The Hall–Kier alpha value is -2.24. The minimum atomic E-state index is -4.72. The highest BCUT2D eigenvalue weighted by molar-refractivity contribution is 14.0. The highest BCUT2D eigenvalue weighted by atomic mass is 127. The summed E-state index contributed by atoms with van der Waals surface area (Å²) in [5.74, 6) is 1.03. The summed E-state index contributed by atoms with van der Waals surface area (Å²) in [6, 6.07) is 8.83. The molecule has 0 spiro atoms. The third kappa shape index (κ3) is 7.79. The van der Waals surface area contributed by atoms with Gasteiger partial charge >= 0.3 is 6.36 Å². The number of aliphatic imine (C=N–C) groups is 1. The number of ether oxygens (including phenoxy) is 2. The lowest BCUT2D eigenvalue weighted by molar-refractivity contribution is -0.274. The molecular weight excluding hydrogens is 488 g/mol. The molecule has 0 aliphatic heterocycles. The first kappa shape index (κ1) is 22.1. The Balaban J connectivity index is 0.00000280. The zero-order valence-corrected chi connectivity index (χ0v) is 17.1. The van der Waals surface area contributed by atoms with Crippen molar-refractivity contribution in [3.8, 4) is 11.6 Å². The lowest BCUT2D eigenvalue weighted by Crippen LogP contribution is -2.22. The highest BCUT2D eigenvalue weighted by Gasteiger charge is 2.30. The van der Waals surface area contributed by atoms with Crippen molar-refractivity contribution in [1.82, 2.24) is 4.98 Å². The monoisotopic (exact) mass is 508 g/mol. The number of anilines is 1. The van der Waals surface area contributed by atoms with E-state index < -0.39 is 6.36 Å². The number of guanidine groups is 1. The van der Waals surface area contributed by atoms with Gasteiger partial charge in [-0.05, 0) is 54.7 Å². The molecule has 1 aliphatic rings. The fourth-order valence-electron chi connectivity index (χ4n) is 2.22. The van der Waals surface area contributed by atoms with E-state index in [1.54, 1.807) is 6.20 Å². The second-order valence-electron chi connectivity index (χ2n) is 6.16. The average Bonchev–Trinajstić information content (AvgIpc) is 3.44. The lowest BCUT2D eigenvalue weighted by Gasteiger charge is -2.10. The van der Waals surface area contributed by atoms with Crippen LogP contribution in [0.2, 0.25) is 0 Å². The van der Waals surface area contributed by atoms with Crippen molar-refractivity contribution in [1.29, 1.82) is 0 Å². The van der Waals surface area contributed by atoms with E-state index in [0.717, 1.165) is 5.56 Å². The SMILES string of the molecule is I.NC(=NCc1ccnc(OCC2CC2)c1)Nc1ccc(OC(F)(F)F)cc1. The predicted octanol–water partition coefficient (Wildman–Crippen LogP) is 4.31. The van der Waals surface area contributed by atoms with Gasteiger partial charge < -0.3 is 20.5 Å². The summed E-state index contributed by atoms with van der Waals surface area (Å²) in [5, 5.41) is 2.81. The number of halogens is 4. The van der Waals surface area contributed by atoms with E-state index in [1.807, 2.05) is 12.1 Å². The molecule has 2 aromatic rings. The second kappa shape index (κ2) is 9.80. The Bertz CT molecular complexity index is 796. The van der Waals surface area contributed by atoms with Crippen LogP contribution in [0.1, 0.15) is 18.4 Å². The molecule has 0 atom stereocenters. The maximum atomic E-state index is 12.1. The summed E-state index contributed by atoms with van der Waals surface area (Å²) in [4.78, 5) is 8.37. The van der Waals surface area contributed by atoms with Gasteiger partial charge in [0.05, 0.1) is 13.2 Å². The third-order valence-electron chi connectivity index (χ3n) is 3.76. The van der Waals surface area contributed by atoms with Gasteiger partial charge in [-0.2, -0.15) is 0 Å². The van der Waals surface area contributed by atoms with Crippen molar-refractivity contribution in [2.24, 2.45) is 16.6 Å². The van der Waals surface area contributed by atoms with Gasteiger partial charge in [0.25, 0.3) is 0 Å². The van der Waals surface area contributed by atoms with Crippen molar-refractivity contribution in [3.63, 3.8) is 0 Å². The first-order valence-corrected chi connectivity index (χ1v) is 8.38. The number of nitrogens with two attached hydrogens (primary N) is 1. The summed E-state index contributed by atoms with van der Waals surface area (Å²) in [6.45, 7) is 0.994. The third-order valence-corrected chi connectivity index (χ3v) is 3.76. The van der Waals surface area contributed by atoms with Crippen LogP contribution in [0.15, 0.2) is 47.6 Å². The summed E-state index contributed by atoms with van der Waals surface area (Å²) in [7, 11) is 0. The van der Waals surface area contributed by atoms with Gasteiger partial charge in [-0.25, -0.2) is 9.98 Å². The number of benzene rings is 1. The standard InChI is InChI=1S/C18H19F3N4O2.HI/c19-18(20,21)27-15-5-3-14(4-6-15)25-17(22)24-10-13-7-8-23-16(9-13)26-11-12-1-2-12;/h3-9,12H,1-2,10-11H2,(H3,22,24,25);1H. The van der Waals surface area contributed by atoms with Crippen LogP contribution < -0.4 is 20.5 Å². The molecule has 1 heterocycles. The number of nitrogens with zero attached hydrogens (tertiary/aromatic N) is 2. The maximum Gasteiger partial charge on any atom is 0.573 e. The number of alkyl halides is 3. The zero-order chi connectivity index (χ0) is 19.3. The average molecular weight is 508 g/mol. The van der Waals surface area contributed by atoms with Crippen molar-refractivity contribution in [2.75, 3.05) is 11.9 Å². The number of pyridine rings is 1. The number of hydrogen-bond acceptors (Lipinski definition) is 4. The van der Waals surface area contributed by atoms with Crippen LogP contribution in [-0.2, 0) is 6.54 Å². The molecule has 6 nitrogen and oxygen atoms in total. The summed E-state index contributed by atoms with van der Waals surface area (Å²) < 4.78 is 45.9. The molecule has 1 aromatic carbocycles. The topological polar surface area (TPSA) is 81.8 Å². The van der Waals surface area contributed by atoms with E-state index in [-0.39, 0.29) is 35.7 Å². The normalized spacial score (nSPS) is 14.2. The summed E-state index contributed by atoms with van der Waals surface area (Å²) in [5.41, 5.74) is 7.20. The first-order valence-electron chi connectivity index (χ1n) is 8.38. The fraction of sp³-hybridized carbons (Fsp3) is 0.333. The molecule has 0 bridgehead atoms. The van der Waals surface area contributed by atoms with Gasteiger partial charge in [0.2, 0.25) is 5.88 Å². The van der Waals surface area contributed by atoms with Crippen LogP contribution in [0.3, 0.4) is 0 Å². The molecule has 0 saturated heterocycles. The van der Waals surface area contributed by atoms with Crippen molar-refractivity contribution >= 4 is 35.6 Å². The first-order chi connectivity index (χ1) is 12.9. The predicted molar refractivity (Wildman–Crippen MR) is 110 cm³/mol. The van der Waals surface area contributed by atoms with Gasteiger partial charge in [-0.1, -0.05) is 0 Å². The quantitative estimate of drug-likeness (QED) is 0.331. The van der Waals surface area contributed by atoms with E-state index in [9.17, 15) is 13.2 Å². The second-order valence-corrected chi connectivity index (χ2v) is 6.16. The van der Waals surface area contributed by atoms with E-state index >= 15 is 0 Å². The van der Waals surface area contributed by atoms with Crippen LogP contribution in [0.5, 0.6) is 11.6 Å². The Labute approximate surface area is 177 Å². The summed E-state index contributed by atoms with van der Waals surface area (Å²) in [6.07, 6.45) is -0.664. The maximum absolute atomic E-state index is 12.1. The van der Waals surface area contributed by atoms with Crippen LogP contribution in [0, 0.1) is 5.92 Å². The molecule has 1 aliphatic carbocycles. The molecule has 1 saturated carbocycles. The van der Waals surface area contributed by atoms with Crippen LogP contribution in [0.4, 0.5) is 18.9 Å². The number of rotatable bonds is 7. The Morgan fingerprint density at radius 2 is 1.93 bits per heavy atom. The Morgan fingerprint density at radius 1 is 1.21 bits per heavy atom. The van der Waals surface area contributed by atoms with E-state index in [0.29, 0.717) is 30.6 Å². The highest BCUT2D eigenvalue weighted by Crippen LogP contribution is 2.29. The molecule has 3 rings (SSSR count). The number of aromatic nitrogens is 1. The zero-order valence-electron chi connectivity index (χ0n) is 14.8. The Morgan fingerprint density at radius 3 is 2.57 bits per heavy atom. The molecular formula is C18H20F3IN4O2. The Kier molecular flexibility index (Phi) is 7.72. The van der Waals surface area contributed by atoms with Crippen LogP contribution >= 0.6 is 24.0 Å². The molecule has 10 heteroatoms. The van der Waals surface area contributed by atoms with Gasteiger partial charge in [0.1, 0.15) is 5.75 Å². The molecule has 0 amide bonds. The largest absolute Gasteiger partial charge is 0.573 e. The molecule has 1 fully saturated rings. The lowest BCUT2D eigenvalue weighted by atomic mass is 10.2. The van der Waals surface area contributed by atoms with Gasteiger partial charge in [0, 0.05) is 18.0 Å². The molecule has 28 heavy (non-hydrogen) atoms. The van der Waals surface area contributed by atoms with Gasteiger partial charge in [-0.3, -0.25) is 0 Å². The van der Waals surface area contributed by atoms with Gasteiger partial charge in [0.15, 0.2) is 5.96 Å². The van der Waals surface area contributed by atoms with Crippen LogP contribution in [-0.4, -0.2) is 23.9 Å². The van der Waals surface area contributed by atoms with Crippen molar-refractivity contribution < 1.29 is 22.6 Å². The number of nitrogens with one attached hydrogen (secondary N) is 1. The minimum Gasteiger partial charge on any atom is -0.477 e. The molecule has 0 radical (unpaired) electrons. The fourth-order valence-corrected chi connectivity index (χ4v) is 2.22. The van der Waals surface area contributed by atoms with E-state index in [4.69, 9.17) is 10.5 Å².